The number of unbranched alkanes of at least 4 members (excludes halogenated alkanes) is 8. The van der Waals surface area contributed by atoms with Crippen LogP contribution in [0.3, 0.4) is 0 Å². The third-order valence-electron chi connectivity index (χ3n) is 9.22. The van der Waals surface area contributed by atoms with Crippen molar-refractivity contribution in [1.82, 2.24) is 0 Å². The van der Waals surface area contributed by atoms with E-state index in [0.717, 1.165) is 83.5 Å². The fourth-order valence-corrected chi connectivity index (χ4v) is 5.79. The Kier molecular flexibility index (Phi) is 38.0. The van der Waals surface area contributed by atoms with E-state index in [-0.39, 0.29) is 55.5 Å². The number of carboxylic acid groups (broad SMARTS) is 1. The number of allylic oxidation sites excluding steroid dienone is 18. The Morgan fingerprint density at radius 2 is 1.00 bits per heavy atom. The van der Waals surface area contributed by atoms with Gasteiger partial charge in [-0.25, -0.2) is 0 Å². The molecule has 8 heteroatoms. The molecule has 0 rings (SSSR count). The van der Waals surface area contributed by atoms with Crippen molar-refractivity contribution in [1.29, 1.82) is 0 Å². The van der Waals surface area contributed by atoms with Gasteiger partial charge in [0, 0.05) is 19.3 Å². The predicted molar refractivity (Wildman–Crippen MR) is 244 cm³/mol. The zero-order chi connectivity index (χ0) is 43.5. The summed E-state index contributed by atoms with van der Waals surface area (Å²) in [6.07, 6.45) is 55.5. The Bertz CT molecular complexity index is 1330. The highest BCUT2D eigenvalue weighted by molar-refractivity contribution is 5.70. The van der Waals surface area contributed by atoms with Crippen molar-refractivity contribution in [3.63, 3.8) is 0 Å². The molecule has 0 heterocycles. The lowest BCUT2D eigenvalue weighted by atomic mass is 10.1. The van der Waals surface area contributed by atoms with Gasteiger partial charge in [0.2, 0.25) is 0 Å². The quantitative estimate of drug-likeness (QED) is 0.0201. The fraction of sp³-hybridized carbons (Fsp3) is 0.588. The molecule has 0 fully saturated rings. The molecule has 0 aromatic rings. The zero-order valence-electron chi connectivity index (χ0n) is 37.6. The average molecular weight is 820 g/mol. The summed E-state index contributed by atoms with van der Waals surface area (Å²) in [7, 11) is 5.37. The number of aliphatic carboxylic acids is 1. The number of carboxylic acids is 1. The predicted octanol–water partition coefficient (Wildman–Crippen LogP) is 11.1. The second-order valence-corrected chi connectivity index (χ2v) is 15.6. The molecule has 0 aromatic heterocycles. The van der Waals surface area contributed by atoms with Gasteiger partial charge in [0.25, 0.3) is 0 Å². The van der Waals surface area contributed by atoms with E-state index in [1.807, 2.05) is 0 Å². The van der Waals surface area contributed by atoms with Gasteiger partial charge in [0.1, 0.15) is 12.6 Å². The van der Waals surface area contributed by atoms with Crippen molar-refractivity contribution < 1.29 is 38.2 Å². The minimum absolute atomic E-state index is 0.00977. The highest BCUT2D eigenvalue weighted by atomic mass is 16.6. The Labute approximate surface area is 359 Å². The van der Waals surface area contributed by atoms with Gasteiger partial charge < -0.3 is 28.6 Å². The second kappa shape index (κ2) is 40.8. The van der Waals surface area contributed by atoms with E-state index in [2.05, 4.69) is 123 Å². The standard InChI is InChI=1S/C51H81NO7/c1-6-8-10-12-14-16-18-20-22-23-24-25-26-28-29-31-33-35-37-39-41-49(53)58-46-47(45-57-44-43-48(51(55)56)52(3,4)5)59-50(54)42-40-38-36-34-32-30-27-21-19-17-15-13-11-9-7-2/h8-11,13-17,19-20,22,24-25,28-29,33,35,47-48H,6-7,12,18,21,23,26-27,30-32,34,36-46H2,1-5H3/b10-8+,11-9+,15-13+,16-14+,19-17+,22-20+,25-24+,29-28+,35-33+. The van der Waals surface area contributed by atoms with Gasteiger partial charge in [-0.2, -0.15) is 0 Å². The summed E-state index contributed by atoms with van der Waals surface area (Å²) in [6, 6.07) is -0.743. The van der Waals surface area contributed by atoms with E-state index in [0.29, 0.717) is 6.42 Å². The van der Waals surface area contributed by atoms with Gasteiger partial charge >= 0.3 is 11.9 Å². The third kappa shape index (κ3) is 39.2. The van der Waals surface area contributed by atoms with E-state index in [1.54, 1.807) is 21.1 Å². The maximum Gasteiger partial charge on any atom is 0.306 e. The van der Waals surface area contributed by atoms with Crippen LogP contribution < -0.4 is 5.11 Å². The second-order valence-electron chi connectivity index (χ2n) is 15.6. The van der Waals surface area contributed by atoms with Crippen molar-refractivity contribution in [2.75, 3.05) is 41.0 Å². The number of ether oxygens (including phenoxy) is 3. The number of quaternary nitrogens is 1. The number of hydrogen-bond acceptors (Lipinski definition) is 7. The van der Waals surface area contributed by atoms with Gasteiger partial charge in [-0.05, 0) is 77.0 Å². The maximum atomic E-state index is 12.7. The van der Waals surface area contributed by atoms with Gasteiger partial charge in [-0.3, -0.25) is 9.59 Å². The Morgan fingerprint density at radius 1 is 0.525 bits per heavy atom. The number of hydrogen-bond donors (Lipinski definition) is 0. The first kappa shape index (κ1) is 55.0. The summed E-state index contributed by atoms with van der Waals surface area (Å²) in [5.74, 6) is -1.84. The van der Waals surface area contributed by atoms with E-state index in [1.165, 1.54) is 19.3 Å². The largest absolute Gasteiger partial charge is 0.544 e. The molecule has 0 bridgehead atoms. The zero-order valence-corrected chi connectivity index (χ0v) is 37.6. The molecule has 332 valence electrons. The van der Waals surface area contributed by atoms with Crippen LogP contribution in [0.15, 0.2) is 109 Å². The number of carbonyl (C=O) groups is 3. The van der Waals surface area contributed by atoms with Crippen molar-refractivity contribution in [2.24, 2.45) is 0 Å². The number of nitrogens with zero attached hydrogens (tertiary/aromatic N) is 1. The summed E-state index contributed by atoms with van der Waals surface area (Å²) in [5, 5.41) is 11.6. The van der Waals surface area contributed by atoms with Crippen molar-refractivity contribution >= 4 is 17.9 Å². The smallest absolute Gasteiger partial charge is 0.306 e. The van der Waals surface area contributed by atoms with Crippen LogP contribution in [0, 0.1) is 0 Å². The van der Waals surface area contributed by atoms with Gasteiger partial charge in [0.05, 0.1) is 40.3 Å². The highest BCUT2D eigenvalue weighted by Crippen LogP contribution is 2.12. The molecule has 0 aliphatic rings. The molecule has 0 radical (unpaired) electrons. The third-order valence-corrected chi connectivity index (χ3v) is 9.22. The van der Waals surface area contributed by atoms with E-state index >= 15 is 0 Å². The molecule has 0 saturated carbocycles. The molecule has 0 saturated heterocycles. The van der Waals surface area contributed by atoms with Crippen molar-refractivity contribution in [3.8, 4) is 0 Å². The molecule has 0 aromatic carbocycles. The molecule has 2 unspecified atom stereocenters. The molecule has 0 aliphatic carbocycles. The molecule has 0 N–H and O–H groups in total. The Morgan fingerprint density at radius 3 is 1.54 bits per heavy atom. The van der Waals surface area contributed by atoms with E-state index in [4.69, 9.17) is 14.2 Å². The molecular formula is C51H81NO7. The minimum Gasteiger partial charge on any atom is -0.544 e. The summed E-state index contributed by atoms with van der Waals surface area (Å²) in [4.78, 5) is 36.9. The monoisotopic (exact) mass is 820 g/mol. The first-order valence-electron chi connectivity index (χ1n) is 22.4. The van der Waals surface area contributed by atoms with Crippen LogP contribution in [0.2, 0.25) is 0 Å². The summed E-state index contributed by atoms with van der Waals surface area (Å²) in [6.45, 7) is 4.32. The van der Waals surface area contributed by atoms with Crippen LogP contribution in [-0.2, 0) is 28.6 Å². The molecule has 0 spiro atoms. The lowest BCUT2D eigenvalue weighted by molar-refractivity contribution is -0.889. The summed E-state index contributed by atoms with van der Waals surface area (Å²) >= 11 is 0. The lowest BCUT2D eigenvalue weighted by Crippen LogP contribution is -2.55. The molecule has 0 amide bonds. The first-order chi connectivity index (χ1) is 28.6. The Balaban J connectivity index is 4.47. The minimum atomic E-state index is -1.14. The highest BCUT2D eigenvalue weighted by Gasteiger charge is 2.25. The number of carbonyl (C=O) groups excluding carboxylic acids is 3. The average Bonchev–Trinajstić information content (AvgIpc) is 3.19. The topological polar surface area (TPSA) is 102 Å². The number of rotatable bonds is 38. The molecule has 59 heavy (non-hydrogen) atoms. The first-order valence-corrected chi connectivity index (χ1v) is 22.4. The number of esters is 2. The summed E-state index contributed by atoms with van der Waals surface area (Å²) in [5.41, 5.74) is 0. The normalized spacial score (nSPS) is 14.0. The van der Waals surface area contributed by atoms with Gasteiger partial charge in [0.15, 0.2) is 6.10 Å². The van der Waals surface area contributed by atoms with E-state index in [9.17, 15) is 19.5 Å². The Hall–Kier alpha value is -4.01. The van der Waals surface area contributed by atoms with Crippen LogP contribution in [-0.4, -0.2) is 75.5 Å². The molecule has 0 aliphatic heterocycles. The molecule has 2 atom stereocenters. The molecular weight excluding hydrogens is 739 g/mol. The van der Waals surface area contributed by atoms with Crippen LogP contribution in [0.25, 0.3) is 0 Å². The van der Waals surface area contributed by atoms with Gasteiger partial charge in [-0.1, -0.05) is 155 Å². The van der Waals surface area contributed by atoms with Crippen molar-refractivity contribution in [2.45, 2.75) is 154 Å². The fourth-order valence-electron chi connectivity index (χ4n) is 5.79. The van der Waals surface area contributed by atoms with Crippen LogP contribution in [0.5, 0.6) is 0 Å². The van der Waals surface area contributed by atoms with Crippen molar-refractivity contribution in [3.05, 3.63) is 109 Å². The van der Waals surface area contributed by atoms with Crippen LogP contribution in [0.4, 0.5) is 0 Å². The summed E-state index contributed by atoms with van der Waals surface area (Å²) < 4.78 is 17.1. The van der Waals surface area contributed by atoms with Gasteiger partial charge in [-0.15, -0.1) is 0 Å². The van der Waals surface area contributed by atoms with E-state index < -0.39 is 18.1 Å². The molecule has 8 nitrogen and oxygen atoms in total. The SMILES string of the molecule is CC/C=C/C=C/C=C/CCCCCCCCCC(=O)OC(COCCC(C(=O)[O-])[N+](C)(C)C)COC(=O)CCC/C=C/C/C=C/C/C=C/C/C=C/C/C=C/C/C=C/CC. The maximum absolute atomic E-state index is 12.7. The van der Waals surface area contributed by atoms with Crippen LogP contribution in [0.1, 0.15) is 142 Å². The lowest BCUT2D eigenvalue weighted by Gasteiger charge is -2.34. The number of likely N-dealkylation sites (N-methyl/N-ethyl adjacent to an activating group) is 1. The van der Waals surface area contributed by atoms with Crippen LogP contribution >= 0.6 is 0 Å².